The maximum Gasteiger partial charge on any atom is 0.262 e. The molecular formula is C12H9FN2O4S. The van der Waals surface area contributed by atoms with Crippen LogP contribution < -0.4 is 4.72 Å². The lowest BCUT2D eigenvalue weighted by atomic mass is 10.3. The molecule has 104 valence electrons. The first-order valence-corrected chi connectivity index (χ1v) is 6.85. The normalized spacial score (nSPS) is 11.1. The van der Waals surface area contributed by atoms with Gasteiger partial charge in [0.25, 0.3) is 10.0 Å². The van der Waals surface area contributed by atoms with E-state index in [0.717, 1.165) is 36.4 Å². The summed E-state index contributed by atoms with van der Waals surface area (Å²) in [5.74, 6) is -0.929. The number of hydrogen-bond donors (Lipinski definition) is 2. The molecule has 0 spiro atoms. The Morgan fingerprint density at radius 2 is 1.75 bits per heavy atom. The Balaban J connectivity index is 2.37. The van der Waals surface area contributed by atoms with E-state index in [-0.39, 0.29) is 22.0 Å². The fourth-order valence-electron chi connectivity index (χ4n) is 1.48. The summed E-state index contributed by atoms with van der Waals surface area (Å²) in [5.41, 5.74) is -0.231. The van der Waals surface area contributed by atoms with Gasteiger partial charge in [-0.15, -0.1) is 4.91 Å². The van der Waals surface area contributed by atoms with Crippen LogP contribution in [0.5, 0.6) is 5.75 Å². The van der Waals surface area contributed by atoms with E-state index in [1.54, 1.807) is 0 Å². The van der Waals surface area contributed by atoms with Crippen LogP contribution in [0.3, 0.4) is 0 Å². The molecule has 2 N–H and O–H groups in total. The molecule has 6 nitrogen and oxygen atoms in total. The van der Waals surface area contributed by atoms with E-state index in [0.29, 0.717) is 0 Å². The lowest BCUT2D eigenvalue weighted by molar-refractivity contribution is 0.477. The summed E-state index contributed by atoms with van der Waals surface area (Å²) < 4.78 is 38.9. The Morgan fingerprint density at radius 1 is 1.10 bits per heavy atom. The number of rotatable bonds is 4. The van der Waals surface area contributed by atoms with Crippen LogP contribution in [-0.4, -0.2) is 13.5 Å². The molecule has 0 aliphatic heterocycles. The molecule has 0 saturated carbocycles. The second kappa shape index (κ2) is 5.25. The van der Waals surface area contributed by atoms with Gasteiger partial charge in [-0.2, -0.15) is 0 Å². The molecule has 0 aromatic heterocycles. The molecule has 0 bridgehead atoms. The number of halogens is 1. The summed E-state index contributed by atoms with van der Waals surface area (Å²) in [5, 5.41) is 12.2. The maximum absolute atomic E-state index is 12.8. The van der Waals surface area contributed by atoms with Crippen molar-refractivity contribution in [1.29, 1.82) is 0 Å². The monoisotopic (exact) mass is 296 g/mol. The van der Waals surface area contributed by atoms with E-state index in [1.807, 2.05) is 0 Å². The number of nitrogens with one attached hydrogen (secondary N) is 1. The van der Waals surface area contributed by atoms with Crippen LogP contribution in [0.4, 0.5) is 15.8 Å². The van der Waals surface area contributed by atoms with Gasteiger partial charge in [-0.3, -0.25) is 4.72 Å². The first-order valence-electron chi connectivity index (χ1n) is 5.37. The van der Waals surface area contributed by atoms with Crippen LogP contribution in [0.2, 0.25) is 0 Å². The molecule has 0 unspecified atom stereocenters. The van der Waals surface area contributed by atoms with E-state index < -0.39 is 15.8 Å². The number of nitrogens with zero attached hydrogens (tertiary/aromatic N) is 1. The fourth-order valence-corrected chi connectivity index (χ4v) is 2.55. The predicted molar refractivity (Wildman–Crippen MR) is 70.8 cm³/mol. The summed E-state index contributed by atoms with van der Waals surface area (Å²) in [6.07, 6.45) is 0. The smallest absolute Gasteiger partial charge is 0.262 e. The van der Waals surface area contributed by atoms with Crippen LogP contribution in [-0.2, 0) is 10.0 Å². The summed E-state index contributed by atoms with van der Waals surface area (Å²) in [6, 6.07) is 7.61. The van der Waals surface area contributed by atoms with E-state index >= 15 is 0 Å². The first kappa shape index (κ1) is 13.9. The van der Waals surface area contributed by atoms with Crippen molar-refractivity contribution in [3.05, 3.63) is 53.2 Å². The van der Waals surface area contributed by atoms with Crippen LogP contribution >= 0.6 is 0 Å². The molecule has 0 aliphatic carbocycles. The molecular weight excluding hydrogens is 287 g/mol. The first-order chi connectivity index (χ1) is 9.42. The lowest BCUT2D eigenvalue weighted by Gasteiger charge is -2.09. The third-order valence-corrected chi connectivity index (χ3v) is 3.84. The van der Waals surface area contributed by atoms with Crippen molar-refractivity contribution in [3.63, 3.8) is 0 Å². The molecule has 2 rings (SSSR count). The molecule has 0 aliphatic rings. The fraction of sp³-hybridized carbons (Fsp3) is 0. The highest BCUT2D eigenvalue weighted by molar-refractivity contribution is 7.92. The molecule has 8 heteroatoms. The van der Waals surface area contributed by atoms with Gasteiger partial charge in [-0.1, -0.05) is 0 Å². The number of benzene rings is 2. The van der Waals surface area contributed by atoms with Gasteiger partial charge >= 0.3 is 0 Å². The Kier molecular flexibility index (Phi) is 3.66. The number of sulfonamides is 1. The van der Waals surface area contributed by atoms with Crippen LogP contribution in [0.1, 0.15) is 0 Å². The van der Waals surface area contributed by atoms with Crippen molar-refractivity contribution in [2.45, 2.75) is 4.90 Å². The molecule has 0 atom stereocenters. The Morgan fingerprint density at radius 3 is 2.35 bits per heavy atom. The number of nitroso groups, excluding NO2 is 1. The quantitative estimate of drug-likeness (QED) is 0.669. The number of aromatic hydroxyl groups is 1. The van der Waals surface area contributed by atoms with Crippen molar-refractivity contribution >= 4 is 21.4 Å². The van der Waals surface area contributed by atoms with Gasteiger partial charge in [0.1, 0.15) is 17.3 Å². The van der Waals surface area contributed by atoms with Crippen molar-refractivity contribution in [2.75, 3.05) is 4.72 Å². The second-order valence-corrected chi connectivity index (χ2v) is 5.53. The Labute approximate surface area is 113 Å². The van der Waals surface area contributed by atoms with Gasteiger partial charge < -0.3 is 5.11 Å². The average molecular weight is 296 g/mol. The summed E-state index contributed by atoms with van der Waals surface area (Å²) in [6.45, 7) is 0. The van der Waals surface area contributed by atoms with Crippen LogP contribution in [0.15, 0.2) is 52.5 Å². The predicted octanol–water partition coefficient (Wildman–Crippen LogP) is 2.73. The molecule has 0 saturated heterocycles. The molecule has 2 aromatic rings. The SMILES string of the molecule is O=Nc1ccc(O)c(NS(=O)(=O)c2ccc(F)cc2)c1. The van der Waals surface area contributed by atoms with Crippen LogP contribution in [0, 0.1) is 10.7 Å². The zero-order valence-electron chi connectivity index (χ0n) is 9.95. The standard InChI is InChI=1S/C12H9FN2O4S/c13-8-1-4-10(5-2-8)20(18,19)15-11-7-9(14-17)3-6-12(11)16/h1-7,15-16H. The number of hydrogen-bond acceptors (Lipinski definition) is 5. The van der Waals surface area contributed by atoms with Gasteiger partial charge in [0.05, 0.1) is 10.6 Å². The van der Waals surface area contributed by atoms with Gasteiger partial charge in [0.15, 0.2) is 0 Å². The largest absolute Gasteiger partial charge is 0.506 e. The zero-order chi connectivity index (χ0) is 14.8. The van der Waals surface area contributed by atoms with E-state index in [1.165, 1.54) is 6.07 Å². The Hall–Kier alpha value is -2.48. The second-order valence-electron chi connectivity index (χ2n) is 3.85. The lowest BCUT2D eigenvalue weighted by Crippen LogP contribution is -2.13. The number of phenols is 1. The molecule has 0 radical (unpaired) electrons. The molecule has 20 heavy (non-hydrogen) atoms. The minimum atomic E-state index is -4.00. The summed E-state index contributed by atoms with van der Waals surface area (Å²) >= 11 is 0. The van der Waals surface area contributed by atoms with Crippen molar-refractivity contribution in [1.82, 2.24) is 0 Å². The topological polar surface area (TPSA) is 95.8 Å². The molecule has 0 fully saturated rings. The van der Waals surface area contributed by atoms with Gasteiger partial charge in [-0.25, -0.2) is 12.8 Å². The van der Waals surface area contributed by atoms with Gasteiger partial charge in [-0.05, 0) is 47.6 Å². The third kappa shape index (κ3) is 2.91. The van der Waals surface area contributed by atoms with Gasteiger partial charge in [0.2, 0.25) is 0 Å². The average Bonchev–Trinajstić information content (AvgIpc) is 2.41. The van der Waals surface area contributed by atoms with Gasteiger partial charge in [0, 0.05) is 0 Å². The highest BCUT2D eigenvalue weighted by Crippen LogP contribution is 2.30. The van der Waals surface area contributed by atoms with E-state index in [4.69, 9.17) is 0 Å². The minimum Gasteiger partial charge on any atom is -0.506 e. The molecule has 0 heterocycles. The van der Waals surface area contributed by atoms with E-state index in [2.05, 4.69) is 9.90 Å². The maximum atomic E-state index is 12.8. The van der Waals surface area contributed by atoms with E-state index in [9.17, 15) is 22.8 Å². The number of anilines is 1. The van der Waals surface area contributed by atoms with Crippen molar-refractivity contribution < 1.29 is 17.9 Å². The van der Waals surface area contributed by atoms with Crippen LogP contribution in [0.25, 0.3) is 0 Å². The molecule has 0 amide bonds. The summed E-state index contributed by atoms with van der Waals surface area (Å²) in [4.78, 5) is 10.2. The Bertz CT molecular complexity index is 745. The summed E-state index contributed by atoms with van der Waals surface area (Å²) in [7, 11) is -4.00. The third-order valence-electron chi connectivity index (χ3n) is 2.45. The van der Waals surface area contributed by atoms with Crippen molar-refractivity contribution in [3.8, 4) is 5.75 Å². The minimum absolute atomic E-state index is 0.0420. The zero-order valence-corrected chi connectivity index (χ0v) is 10.8. The number of phenolic OH excluding ortho intramolecular Hbond substituents is 1. The van der Waals surface area contributed by atoms with Crippen molar-refractivity contribution in [2.24, 2.45) is 5.18 Å². The highest BCUT2D eigenvalue weighted by atomic mass is 32.2. The molecule has 2 aromatic carbocycles. The highest BCUT2D eigenvalue weighted by Gasteiger charge is 2.16.